The van der Waals surface area contributed by atoms with Crippen molar-refractivity contribution in [1.82, 2.24) is 25.1 Å². The number of amides is 1. The first-order valence-electron chi connectivity index (χ1n) is 8.72. The number of carbonyl (C=O) groups excluding carboxylic acids is 1. The fourth-order valence-electron chi connectivity index (χ4n) is 3.45. The van der Waals surface area contributed by atoms with Gasteiger partial charge >= 0.3 is 0 Å². The Morgan fingerprint density at radius 2 is 2.20 bits per heavy atom. The highest BCUT2D eigenvalue weighted by Crippen LogP contribution is 2.30. The molecule has 1 aliphatic carbocycles. The number of pyridine rings is 2. The van der Waals surface area contributed by atoms with Gasteiger partial charge in [0, 0.05) is 17.9 Å². The Bertz CT molecular complexity index is 930. The van der Waals surface area contributed by atoms with Crippen LogP contribution in [0.25, 0.3) is 11.0 Å². The van der Waals surface area contributed by atoms with Crippen molar-refractivity contribution in [3.8, 4) is 0 Å². The Balaban J connectivity index is 1.74. The van der Waals surface area contributed by atoms with Gasteiger partial charge in [0.15, 0.2) is 5.65 Å². The number of fused-ring (bicyclic) bond motifs is 2. The van der Waals surface area contributed by atoms with E-state index in [2.05, 4.69) is 29.2 Å². The number of nitrogens with one attached hydrogen (secondary N) is 1. The van der Waals surface area contributed by atoms with Gasteiger partial charge in [-0.25, -0.2) is 9.67 Å². The summed E-state index contributed by atoms with van der Waals surface area (Å²) >= 11 is 0. The van der Waals surface area contributed by atoms with E-state index in [4.69, 9.17) is 4.98 Å². The van der Waals surface area contributed by atoms with Gasteiger partial charge in [-0.1, -0.05) is 6.07 Å². The third kappa shape index (κ3) is 2.77. The molecule has 0 aliphatic heterocycles. The van der Waals surface area contributed by atoms with Crippen molar-refractivity contribution in [1.29, 1.82) is 0 Å². The summed E-state index contributed by atoms with van der Waals surface area (Å²) in [5.41, 5.74) is 4.50. The summed E-state index contributed by atoms with van der Waals surface area (Å²) in [5.74, 6) is -0.0699. The zero-order valence-corrected chi connectivity index (χ0v) is 14.5. The highest BCUT2D eigenvalue weighted by Gasteiger charge is 2.26. The van der Waals surface area contributed by atoms with E-state index in [1.807, 2.05) is 22.9 Å². The third-order valence-corrected chi connectivity index (χ3v) is 4.64. The van der Waals surface area contributed by atoms with Crippen LogP contribution in [0.1, 0.15) is 53.6 Å². The molecular formula is C19H21N5O. The second-order valence-electron chi connectivity index (χ2n) is 6.69. The van der Waals surface area contributed by atoms with Crippen LogP contribution in [0.4, 0.5) is 0 Å². The fourth-order valence-corrected chi connectivity index (χ4v) is 3.45. The van der Waals surface area contributed by atoms with Crippen LogP contribution in [-0.2, 0) is 19.4 Å². The summed E-state index contributed by atoms with van der Waals surface area (Å²) in [4.78, 5) is 22.0. The summed E-state index contributed by atoms with van der Waals surface area (Å²) in [6.45, 7) is 4.56. The summed E-state index contributed by atoms with van der Waals surface area (Å²) in [6.07, 6.45) is 6.38. The number of rotatable bonds is 4. The summed E-state index contributed by atoms with van der Waals surface area (Å²) in [6, 6.07) is 5.90. The predicted molar refractivity (Wildman–Crippen MR) is 95.3 cm³/mol. The molecule has 0 unspecified atom stereocenters. The summed E-state index contributed by atoms with van der Waals surface area (Å²) in [5, 5.41) is 8.31. The Hall–Kier alpha value is -2.76. The Labute approximate surface area is 146 Å². The predicted octanol–water partition coefficient (Wildman–Crippen LogP) is 2.83. The number of nitrogens with zero attached hydrogens (tertiary/aromatic N) is 4. The van der Waals surface area contributed by atoms with Crippen molar-refractivity contribution in [2.75, 3.05) is 0 Å². The lowest BCUT2D eigenvalue weighted by atomic mass is 10.0. The molecule has 3 heterocycles. The second kappa shape index (κ2) is 6.27. The third-order valence-electron chi connectivity index (χ3n) is 4.64. The Kier molecular flexibility index (Phi) is 3.95. The van der Waals surface area contributed by atoms with Gasteiger partial charge in [0.05, 0.1) is 29.4 Å². The molecule has 128 valence electrons. The first-order valence-corrected chi connectivity index (χ1v) is 8.72. The van der Waals surface area contributed by atoms with Crippen molar-refractivity contribution >= 4 is 16.9 Å². The quantitative estimate of drug-likeness (QED) is 0.796. The molecule has 3 aromatic rings. The molecule has 6 nitrogen and oxygen atoms in total. The van der Waals surface area contributed by atoms with Crippen LogP contribution in [0.2, 0.25) is 0 Å². The van der Waals surface area contributed by atoms with Crippen molar-refractivity contribution in [2.24, 2.45) is 0 Å². The van der Waals surface area contributed by atoms with Crippen LogP contribution in [0.5, 0.6) is 0 Å². The second-order valence-corrected chi connectivity index (χ2v) is 6.69. The molecule has 0 fully saturated rings. The molecule has 6 heteroatoms. The Morgan fingerprint density at radius 1 is 1.32 bits per heavy atom. The smallest absolute Gasteiger partial charge is 0.252 e. The van der Waals surface area contributed by atoms with E-state index in [-0.39, 0.29) is 11.9 Å². The van der Waals surface area contributed by atoms with E-state index >= 15 is 0 Å². The van der Waals surface area contributed by atoms with Crippen LogP contribution in [0.3, 0.4) is 0 Å². The van der Waals surface area contributed by atoms with Gasteiger partial charge in [-0.15, -0.1) is 0 Å². The molecule has 1 N–H and O–H groups in total. The lowest BCUT2D eigenvalue weighted by Gasteiger charge is -2.12. The van der Waals surface area contributed by atoms with Crippen LogP contribution < -0.4 is 5.32 Å². The average Bonchev–Trinajstić information content (AvgIpc) is 3.24. The molecule has 0 radical (unpaired) electrons. The standard InChI is InChI=1S/C19H21N5O/c1-12(2)24-18-15(11-22-24)17(14-7-5-8-16(14)23-18)19(25)21-10-13-6-3-4-9-20-13/h3-4,6,9,11-12H,5,7-8,10H2,1-2H3,(H,21,25). The molecular weight excluding hydrogens is 314 g/mol. The molecule has 0 saturated heterocycles. The molecule has 0 aromatic carbocycles. The summed E-state index contributed by atoms with van der Waals surface area (Å²) in [7, 11) is 0. The van der Waals surface area contributed by atoms with Gasteiger partial charge in [-0.2, -0.15) is 5.10 Å². The van der Waals surface area contributed by atoms with E-state index < -0.39 is 0 Å². The normalized spacial score (nSPS) is 13.4. The number of aromatic nitrogens is 4. The van der Waals surface area contributed by atoms with Gasteiger partial charge in [0.25, 0.3) is 5.91 Å². The van der Waals surface area contributed by atoms with Crippen LogP contribution in [0, 0.1) is 0 Å². The molecule has 0 atom stereocenters. The molecule has 3 aromatic heterocycles. The molecule has 1 aliphatic rings. The van der Waals surface area contributed by atoms with Crippen LogP contribution in [0.15, 0.2) is 30.6 Å². The molecule has 1 amide bonds. The minimum absolute atomic E-state index is 0.0699. The van der Waals surface area contributed by atoms with E-state index in [0.717, 1.165) is 52.8 Å². The van der Waals surface area contributed by atoms with Crippen molar-refractivity contribution in [2.45, 2.75) is 45.7 Å². The number of hydrogen-bond acceptors (Lipinski definition) is 4. The monoisotopic (exact) mass is 335 g/mol. The van der Waals surface area contributed by atoms with Gasteiger partial charge in [-0.3, -0.25) is 9.78 Å². The van der Waals surface area contributed by atoms with Gasteiger partial charge < -0.3 is 5.32 Å². The summed E-state index contributed by atoms with van der Waals surface area (Å²) < 4.78 is 1.89. The maximum atomic E-state index is 13.0. The molecule has 0 saturated carbocycles. The minimum Gasteiger partial charge on any atom is -0.346 e. The Morgan fingerprint density at radius 3 is 2.96 bits per heavy atom. The average molecular weight is 335 g/mol. The first-order chi connectivity index (χ1) is 12.1. The number of aryl methyl sites for hydroxylation is 1. The zero-order valence-electron chi connectivity index (χ0n) is 14.5. The minimum atomic E-state index is -0.0699. The van der Waals surface area contributed by atoms with Crippen LogP contribution >= 0.6 is 0 Å². The van der Waals surface area contributed by atoms with Gasteiger partial charge in [0.1, 0.15) is 0 Å². The van der Waals surface area contributed by atoms with Gasteiger partial charge in [0.2, 0.25) is 0 Å². The fraction of sp³-hybridized carbons (Fsp3) is 0.368. The van der Waals surface area contributed by atoms with Gasteiger partial charge in [-0.05, 0) is 50.8 Å². The molecule has 4 rings (SSSR count). The van der Waals surface area contributed by atoms with Crippen LogP contribution in [-0.4, -0.2) is 25.7 Å². The van der Waals surface area contributed by atoms with Crippen molar-refractivity contribution in [3.63, 3.8) is 0 Å². The maximum Gasteiger partial charge on any atom is 0.252 e. The molecule has 25 heavy (non-hydrogen) atoms. The first kappa shape index (κ1) is 15.7. The van der Waals surface area contributed by atoms with E-state index in [0.29, 0.717) is 6.54 Å². The highest BCUT2D eigenvalue weighted by molar-refractivity contribution is 6.07. The van der Waals surface area contributed by atoms with Crippen molar-refractivity contribution < 1.29 is 4.79 Å². The number of carbonyl (C=O) groups is 1. The van der Waals surface area contributed by atoms with E-state index in [1.165, 1.54) is 0 Å². The van der Waals surface area contributed by atoms with Crippen molar-refractivity contribution in [3.05, 3.63) is 53.1 Å². The largest absolute Gasteiger partial charge is 0.346 e. The van der Waals surface area contributed by atoms with E-state index in [1.54, 1.807) is 12.4 Å². The highest BCUT2D eigenvalue weighted by atomic mass is 16.1. The molecule has 0 spiro atoms. The number of hydrogen-bond donors (Lipinski definition) is 1. The lowest BCUT2D eigenvalue weighted by molar-refractivity contribution is 0.0951. The lowest BCUT2D eigenvalue weighted by Crippen LogP contribution is -2.25. The zero-order chi connectivity index (χ0) is 17.4. The van der Waals surface area contributed by atoms with E-state index in [9.17, 15) is 4.79 Å². The maximum absolute atomic E-state index is 13.0. The topological polar surface area (TPSA) is 72.7 Å². The molecule has 0 bridgehead atoms. The SMILES string of the molecule is CC(C)n1ncc2c(C(=O)NCc3ccccn3)c3c(nc21)CCC3.